The molecule has 8 nitrogen and oxygen atoms in total. The van der Waals surface area contributed by atoms with Crippen LogP contribution in [0, 0.1) is 0 Å². The van der Waals surface area contributed by atoms with Crippen molar-refractivity contribution in [1.82, 2.24) is 20.2 Å². The van der Waals surface area contributed by atoms with Crippen LogP contribution in [0.3, 0.4) is 0 Å². The highest BCUT2D eigenvalue weighted by atomic mass is 16.6. The number of ether oxygens (including phenoxy) is 3. The minimum absolute atomic E-state index is 0.0628. The Morgan fingerprint density at radius 2 is 2.14 bits per heavy atom. The molecule has 2 N–H and O–H groups in total. The minimum atomic E-state index is -0.0628. The van der Waals surface area contributed by atoms with Crippen LogP contribution in [0.1, 0.15) is 0 Å². The molecule has 3 aromatic heterocycles. The van der Waals surface area contributed by atoms with Gasteiger partial charge in [0.05, 0.1) is 25.3 Å². The maximum absolute atomic E-state index is 5.90. The third-order valence-electron chi connectivity index (χ3n) is 4.60. The zero-order valence-electron chi connectivity index (χ0n) is 15.1. The summed E-state index contributed by atoms with van der Waals surface area (Å²) in [5.41, 5.74) is 2.60. The standard InChI is InChI=1S/C20H19N5O3/c1-2-17-18(21-6-1)19(25-24-17)23-14-3-4-16-13(10-14)5-7-22-20(16)28-12-15-11-26-8-9-27-15/h1-7,10,15H,8-9,11-12H2,(H2,23,24,25). The van der Waals surface area contributed by atoms with E-state index in [0.717, 1.165) is 27.5 Å². The predicted molar refractivity (Wildman–Crippen MR) is 105 cm³/mol. The van der Waals surface area contributed by atoms with E-state index in [1.165, 1.54) is 0 Å². The Balaban J connectivity index is 1.37. The van der Waals surface area contributed by atoms with Crippen LogP contribution in [-0.4, -0.2) is 52.7 Å². The van der Waals surface area contributed by atoms with E-state index in [4.69, 9.17) is 14.2 Å². The largest absolute Gasteiger partial charge is 0.474 e. The van der Waals surface area contributed by atoms with E-state index in [2.05, 4.69) is 25.5 Å². The molecule has 1 fully saturated rings. The number of rotatable bonds is 5. The molecule has 1 aliphatic heterocycles. The monoisotopic (exact) mass is 377 g/mol. The summed E-state index contributed by atoms with van der Waals surface area (Å²) in [4.78, 5) is 8.75. The maximum atomic E-state index is 5.90. The molecule has 4 heterocycles. The van der Waals surface area contributed by atoms with Crippen LogP contribution in [0.4, 0.5) is 11.5 Å². The first kappa shape index (κ1) is 16.9. The third kappa shape index (κ3) is 3.35. The van der Waals surface area contributed by atoms with E-state index in [9.17, 15) is 0 Å². The van der Waals surface area contributed by atoms with Crippen LogP contribution < -0.4 is 10.1 Å². The molecule has 1 unspecified atom stereocenters. The maximum Gasteiger partial charge on any atom is 0.221 e. The smallest absolute Gasteiger partial charge is 0.221 e. The van der Waals surface area contributed by atoms with Crippen LogP contribution in [0.25, 0.3) is 21.8 Å². The average molecular weight is 377 g/mol. The molecule has 1 aromatic carbocycles. The Hall–Kier alpha value is -3.23. The normalized spacial score (nSPS) is 17.1. The zero-order chi connectivity index (χ0) is 18.8. The van der Waals surface area contributed by atoms with Gasteiger partial charge in [-0.05, 0) is 41.8 Å². The molecule has 0 bridgehead atoms. The molecule has 5 rings (SSSR count). The molecule has 4 aromatic rings. The Bertz CT molecular complexity index is 1110. The Labute approximate surface area is 160 Å². The summed E-state index contributed by atoms with van der Waals surface area (Å²) in [5.74, 6) is 1.28. The van der Waals surface area contributed by atoms with Crippen molar-refractivity contribution < 1.29 is 14.2 Å². The van der Waals surface area contributed by atoms with Crippen molar-refractivity contribution in [3.8, 4) is 5.88 Å². The fourth-order valence-electron chi connectivity index (χ4n) is 3.22. The molecular formula is C20H19N5O3. The molecule has 0 aliphatic carbocycles. The summed E-state index contributed by atoms with van der Waals surface area (Å²) in [6.45, 7) is 2.20. The molecule has 0 radical (unpaired) electrons. The molecule has 1 aliphatic rings. The highest BCUT2D eigenvalue weighted by molar-refractivity contribution is 5.92. The summed E-state index contributed by atoms with van der Waals surface area (Å²) >= 11 is 0. The van der Waals surface area contributed by atoms with Gasteiger partial charge in [0, 0.05) is 23.5 Å². The SMILES string of the molecule is c1cnc2c(Nc3ccc4c(OCC5COCCO5)nccc4c3)n[nH]c2c1. The zero-order valence-corrected chi connectivity index (χ0v) is 15.1. The van der Waals surface area contributed by atoms with E-state index in [1.54, 1.807) is 12.4 Å². The lowest BCUT2D eigenvalue weighted by atomic mass is 10.1. The van der Waals surface area contributed by atoms with Crippen molar-refractivity contribution >= 4 is 33.3 Å². The first-order valence-electron chi connectivity index (χ1n) is 9.14. The van der Waals surface area contributed by atoms with E-state index in [0.29, 0.717) is 38.1 Å². The summed E-state index contributed by atoms with van der Waals surface area (Å²) in [6.07, 6.45) is 3.43. The van der Waals surface area contributed by atoms with Crippen LogP contribution >= 0.6 is 0 Å². The lowest BCUT2D eigenvalue weighted by Crippen LogP contribution is -2.33. The minimum Gasteiger partial charge on any atom is -0.474 e. The Kier molecular flexibility index (Phi) is 4.48. The molecule has 142 valence electrons. The first-order chi connectivity index (χ1) is 13.9. The van der Waals surface area contributed by atoms with Gasteiger partial charge in [-0.3, -0.25) is 10.1 Å². The lowest BCUT2D eigenvalue weighted by Gasteiger charge is -2.22. The molecule has 0 spiro atoms. The van der Waals surface area contributed by atoms with Gasteiger partial charge in [-0.25, -0.2) is 4.98 Å². The highest BCUT2D eigenvalue weighted by Gasteiger charge is 2.16. The van der Waals surface area contributed by atoms with Crippen molar-refractivity contribution in [2.24, 2.45) is 0 Å². The van der Waals surface area contributed by atoms with Crippen LogP contribution in [0.15, 0.2) is 48.8 Å². The summed E-state index contributed by atoms with van der Waals surface area (Å²) in [5, 5.41) is 12.6. The summed E-state index contributed by atoms with van der Waals surface area (Å²) in [6, 6.07) is 11.8. The van der Waals surface area contributed by atoms with E-state index >= 15 is 0 Å². The molecule has 1 saturated heterocycles. The fourth-order valence-corrected chi connectivity index (χ4v) is 3.22. The van der Waals surface area contributed by atoms with Crippen LogP contribution in [0.2, 0.25) is 0 Å². The van der Waals surface area contributed by atoms with Crippen molar-refractivity contribution in [3.63, 3.8) is 0 Å². The number of hydrogen-bond acceptors (Lipinski definition) is 7. The van der Waals surface area contributed by atoms with Crippen molar-refractivity contribution in [2.75, 3.05) is 31.7 Å². The second-order valence-corrected chi connectivity index (χ2v) is 6.53. The van der Waals surface area contributed by atoms with Gasteiger partial charge in [-0.1, -0.05) is 0 Å². The number of nitrogens with zero attached hydrogens (tertiary/aromatic N) is 3. The first-order valence-corrected chi connectivity index (χ1v) is 9.14. The van der Waals surface area contributed by atoms with Gasteiger partial charge >= 0.3 is 0 Å². The molecule has 28 heavy (non-hydrogen) atoms. The number of hydrogen-bond donors (Lipinski definition) is 2. The van der Waals surface area contributed by atoms with Gasteiger partial charge < -0.3 is 19.5 Å². The average Bonchev–Trinajstić information content (AvgIpc) is 3.16. The second kappa shape index (κ2) is 7.41. The molecule has 0 amide bonds. The van der Waals surface area contributed by atoms with Gasteiger partial charge in [0.25, 0.3) is 0 Å². The van der Waals surface area contributed by atoms with Crippen LogP contribution in [0.5, 0.6) is 5.88 Å². The van der Waals surface area contributed by atoms with Crippen molar-refractivity contribution in [2.45, 2.75) is 6.10 Å². The fraction of sp³-hybridized carbons (Fsp3) is 0.250. The van der Waals surface area contributed by atoms with E-state index in [1.807, 2.05) is 36.4 Å². The third-order valence-corrected chi connectivity index (χ3v) is 4.60. The van der Waals surface area contributed by atoms with Crippen molar-refractivity contribution in [1.29, 1.82) is 0 Å². The predicted octanol–water partition coefficient (Wildman–Crippen LogP) is 3.04. The number of benzene rings is 1. The van der Waals surface area contributed by atoms with Gasteiger partial charge in [0.15, 0.2) is 5.82 Å². The quantitative estimate of drug-likeness (QED) is 0.552. The summed E-state index contributed by atoms with van der Waals surface area (Å²) < 4.78 is 16.9. The number of pyridine rings is 2. The number of aromatic nitrogens is 4. The van der Waals surface area contributed by atoms with Gasteiger partial charge in [-0.15, -0.1) is 0 Å². The lowest BCUT2D eigenvalue weighted by molar-refractivity contribution is -0.101. The molecule has 8 heteroatoms. The van der Waals surface area contributed by atoms with Crippen molar-refractivity contribution in [3.05, 3.63) is 48.8 Å². The van der Waals surface area contributed by atoms with Crippen LogP contribution in [-0.2, 0) is 9.47 Å². The van der Waals surface area contributed by atoms with E-state index < -0.39 is 0 Å². The number of nitrogens with one attached hydrogen (secondary N) is 2. The topological polar surface area (TPSA) is 94.2 Å². The number of anilines is 2. The highest BCUT2D eigenvalue weighted by Crippen LogP contribution is 2.28. The van der Waals surface area contributed by atoms with E-state index in [-0.39, 0.29) is 6.10 Å². The molecule has 0 saturated carbocycles. The second-order valence-electron chi connectivity index (χ2n) is 6.53. The number of H-pyrrole nitrogens is 1. The van der Waals surface area contributed by atoms with Gasteiger partial charge in [0.1, 0.15) is 18.2 Å². The number of aromatic amines is 1. The Morgan fingerprint density at radius 1 is 1.14 bits per heavy atom. The Morgan fingerprint density at radius 3 is 3.07 bits per heavy atom. The molecule has 1 atom stereocenters. The molecular weight excluding hydrogens is 358 g/mol. The van der Waals surface area contributed by atoms with Gasteiger partial charge in [0.2, 0.25) is 5.88 Å². The van der Waals surface area contributed by atoms with Gasteiger partial charge in [-0.2, -0.15) is 5.10 Å². The summed E-state index contributed by atoms with van der Waals surface area (Å²) in [7, 11) is 0. The number of fused-ring (bicyclic) bond motifs is 2.